The smallest absolute Gasteiger partial charge is 0.134 e. The summed E-state index contributed by atoms with van der Waals surface area (Å²) in [6, 6.07) is 8.32. The van der Waals surface area contributed by atoms with Gasteiger partial charge in [0.2, 0.25) is 0 Å². The van der Waals surface area contributed by atoms with Crippen molar-refractivity contribution in [3.8, 4) is 11.8 Å². The number of benzene rings is 1. The van der Waals surface area contributed by atoms with E-state index in [1.165, 1.54) is 29.7 Å². The average molecular weight is 349 g/mol. The van der Waals surface area contributed by atoms with Gasteiger partial charge in [0.15, 0.2) is 0 Å². The predicted octanol–water partition coefficient (Wildman–Crippen LogP) is 5.13. The Kier molecular flexibility index (Phi) is 4.29. The fraction of sp³-hybridized carbons (Fsp3) is 0.300. The molecule has 0 bridgehead atoms. The van der Waals surface area contributed by atoms with Crippen molar-refractivity contribution in [3.63, 3.8) is 0 Å². The molecule has 25 heavy (non-hydrogen) atoms. The maximum absolute atomic E-state index is 9.61. The Hall–Kier alpha value is -2.58. The van der Waals surface area contributed by atoms with Crippen LogP contribution in [0.1, 0.15) is 40.8 Å². The Balaban J connectivity index is 1.72. The van der Waals surface area contributed by atoms with Crippen LogP contribution in [-0.2, 0) is 12.8 Å². The highest BCUT2D eigenvalue weighted by atomic mass is 32.1. The van der Waals surface area contributed by atoms with Gasteiger partial charge in [0.05, 0.1) is 12.7 Å². The van der Waals surface area contributed by atoms with Crippen LogP contribution in [0.2, 0.25) is 0 Å². The number of methoxy groups -OCH3 is 1. The molecule has 0 fully saturated rings. The molecule has 0 aliphatic heterocycles. The highest BCUT2D eigenvalue weighted by Gasteiger charge is 2.19. The first-order chi connectivity index (χ1) is 12.3. The molecular weight excluding hydrogens is 330 g/mol. The summed E-state index contributed by atoms with van der Waals surface area (Å²) in [4.78, 5) is 9.27. The Labute approximate surface area is 150 Å². The van der Waals surface area contributed by atoms with E-state index in [9.17, 15) is 5.26 Å². The number of hydrogen-bond acceptors (Lipinski definition) is 4. The van der Waals surface area contributed by atoms with Crippen LogP contribution in [0.3, 0.4) is 0 Å². The maximum atomic E-state index is 9.61. The molecule has 0 amide bonds. The summed E-state index contributed by atoms with van der Waals surface area (Å²) in [6.07, 6.45) is 9.52. The van der Waals surface area contributed by atoms with Crippen LogP contribution in [0.4, 0.5) is 5.00 Å². The number of ether oxygens (including phenoxy) is 1. The van der Waals surface area contributed by atoms with Gasteiger partial charge in [-0.25, -0.2) is 4.99 Å². The summed E-state index contributed by atoms with van der Waals surface area (Å²) in [5.74, 6) is 0.822. The van der Waals surface area contributed by atoms with Crippen molar-refractivity contribution in [2.24, 2.45) is 4.99 Å². The molecule has 5 heteroatoms. The van der Waals surface area contributed by atoms with Crippen LogP contribution in [0.5, 0.6) is 5.75 Å². The molecule has 4 nitrogen and oxygen atoms in total. The van der Waals surface area contributed by atoms with Crippen LogP contribution in [0.25, 0.3) is 10.9 Å². The Morgan fingerprint density at radius 3 is 3.00 bits per heavy atom. The lowest BCUT2D eigenvalue weighted by Gasteiger charge is -1.99. The monoisotopic (exact) mass is 349 g/mol. The number of aromatic amines is 1. The normalized spacial score (nSPS) is 14.4. The van der Waals surface area contributed by atoms with Gasteiger partial charge in [-0.05, 0) is 49.4 Å². The van der Waals surface area contributed by atoms with E-state index in [0.717, 1.165) is 45.6 Å². The standard InChI is InChI=1S/C20H19N3OS/c1-24-14-7-8-18-16(9-14)13(11-22-18)12-23-20-17(10-21)15-5-3-2-4-6-19(15)25-20/h7-9,11-12,22H,2-6H2,1H3/b23-12+. The van der Waals surface area contributed by atoms with Crippen LogP contribution in [0, 0.1) is 11.3 Å². The number of aliphatic imine (C=N–C) groups is 1. The van der Waals surface area contributed by atoms with Gasteiger partial charge in [-0.1, -0.05) is 6.42 Å². The lowest BCUT2D eigenvalue weighted by Crippen LogP contribution is -1.87. The summed E-state index contributed by atoms with van der Waals surface area (Å²) in [7, 11) is 1.67. The van der Waals surface area contributed by atoms with Gasteiger partial charge in [0.1, 0.15) is 16.8 Å². The third-order valence-corrected chi connectivity index (χ3v) is 5.96. The largest absolute Gasteiger partial charge is 0.497 e. The zero-order chi connectivity index (χ0) is 17.2. The topological polar surface area (TPSA) is 61.2 Å². The molecular formula is C20H19N3OS. The molecule has 1 aliphatic rings. The first-order valence-electron chi connectivity index (χ1n) is 8.54. The number of nitrogens with zero attached hydrogens (tertiary/aromatic N) is 2. The molecule has 0 radical (unpaired) electrons. The van der Waals surface area contributed by atoms with E-state index < -0.39 is 0 Å². The van der Waals surface area contributed by atoms with Crippen LogP contribution in [0.15, 0.2) is 29.4 Å². The highest BCUT2D eigenvalue weighted by molar-refractivity contribution is 7.16. The molecule has 126 valence electrons. The number of thiophene rings is 1. The second kappa shape index (κ2) is 6.73. The van der Waals surface area contributed by atoms with Crippen LogP contribution >= 0.6 is 11.3 Å². The van der Waals surface area contributed by atoms with Crippen molar-refractivity contribution >= 4 is 33.5 Å². The third-order valence-electron chi connectivity index (χ3n) is 4.76. The number of nitriles is 1. The Bertz CT molecular complexity index is 990. The maximum Gasteiger partial charge on any atom is 0.134 e. The highest BCUT2D eigenvalue weighted by Crippen LogP contribution is 2.38. The van der Waals surface area contributed by atoms with Gasteiger partial charge in [-0.3, -0.25) is 0 Å². The van der Waals surface area contributed by atoms with E-state index in [1.807, 2.05) is 30.6 Å². The van der Waals surface area contributed by atoms with Crippen LogP contribution < -0.4 is 4.74 Å². The second-order valence-electron chi connectivity index (χ2n) is 6.27. The molecule has 0 unspecified atom stereocenters. The van der Waals surface area contributed by atoms with Crippen molar-refractivity contribution < 1.29 is 4.74 Å². The summed E-state index contributed by atoms with van der Waals surface area (Å²) in [6.45, 7) is 0. The van der Waals surface area contributed by atoms with Crippen LogP contribution in [-0.4, -0.2) is 18.3 Å². The number of fused-ring (bicyclic) bond motifs is 2. The zero-order valence-electron chi connectivity index (χ0n) is 14.1. The first kappa shape index (κ1) is 15.9. The van der Waals surface area contributed by atoms with Gasteiger partial charge >= 0.3 is 0 Å². The molecule has 0 saturated carbocycles. The summed E-state index contributed by atoms with van der Waals surface area (Å²) in [5.41, 5.74) is 4.06. The molecule has 4 rings (SSSR count). The summed E-state index contributed by atoms with van der Waals surface area (Å²) in [5, 5.41) is 11.5. The van der Waals surface area contributed by atoms with Crippen molar-refractivity contribution in [2.75, 3.05) is 7.11 Å². The predicted molar refractivity (Wildman–Crippen MR) is 102 cm³/mol. The molecule has 1 aliphatic carbocycles. The lowest BCUT2D eigenvalue weighted by atomic mass is 10.1. The van der Waals surface area contributed by atoms with Gasteiger partial charge < -0.3 is 9.72 Å². The van der Waals surface area contributed by atoms with Gasteiger partial charge in [-0.2, -0.15) is 5.26 Å². The number of rotatable bonds is 3. The van der Waals surface area contributed by atoms with E-state index in [1.54, 1.807) is 18.4 Å². The molecule has 1 aromatic carbocycles. The summed E-state index contributed by atoms with van der Waals surface area (Å²) < 4.78 is 5.31. The number of aromatic nitrogens is 1. The minimum absolute atomic E-state index is 0.774. The molecule has 0 spiro atoms. The van der Waals surface area contributed by atoms with Crippen molar-refractivity contribution in [1.82, 2.24) is 4.98 Å². The van der Waals surface area contributed by atoms with E-state index in [4.69, 9.17) is 4.74 Å². The number of H-pyrrole nitrogens is 1. The van der Waals surface area contributed by atoms with Crippen molar-refractivity contribution in [3.05, 3.63) is 46.0 Å². The Morgan fingerprint density at radius 2 is 2.16 bits per heavy atom. The SMILES string of the molecule is COc1ccc2[nH]cc(/C=N/c3sc4c(c3C#N)CCCCC4)c2c1. The average Bonchev–Trinajstić information content (AvgIpc) is 3.11. The quantitative estimate of drug-likeness (QED) is 0.526. The molecule has 2 aromatic heterocycles. The third kappa shape index (κ3) is 2.94. The molecule has 0 saturated heterocycles. The lowest BCUT2D eigenvalue weighted by molar-refractivity contribution is 0.415. The van der Waals surface area contributed by atoms with E-state index >= 15 is 0 Å². The molecule has 2 heterocycles. The minimum atomic E-state index is 0.774. The fourth-order valence-electron chi connectivity index (χ4n) is 3.42. The van der Waals surface area contributed by atoms with Gasteiger partial charge in [0, 0.05) is 33.8 Å². The van der Waals surface area contributed by atoms with Crippen molar-refractivity contribution in [1.29, 1.82) is 5.26 Å². The van der Waals surface area contributed by atoms with Crippen molar-refractivity contribution in [2.45, 2.75) is 32.1 Å². The zero-order valence-corrected chi connectivity index (χ0v) is 14.9. The van der Waals surface area contributed by atoms with Gasteiger partial charge in [0.25, 0.3) is 0 Å². The van der Waals surface area contributed by atoms with E-state index in [-0.39, 0.29) is 0 Å². The second-order valence-corrected chi connectivity index (χ2v) is 7.35. The summed E-state index contributed by atoms with van der Waals surface area (Å²) >= 11 is 1.68. The Morgan fingerprint density at radius 1 is 1.28 bits per heavy atom. The van der Waals surface area contributed by atoms with Gasteiger partial charge in [-0.15, -0.1) is 11.3 Å². The number of hydrogen-bond donors (Lipinski definition) is 1. The number of nitrogens with one attached hydrogen (secondary N) is 1. The fourth-order valence-corrected chi connectivity index (χ4v) is 4.60. The van der Waals surface area contributed by atoms with E-state index in [0.29, 0.717) is 0 Å². The molecule has 1 N–H and O–H groups in total. The molecule has 3 aromatic rings. The number of aryl methyl sites for hydroxylation is 1. The first-order valence-corrected chi connectivity index (χ1v) is 9.35. The molecule has 0 atom stereocenters. The minimum Gasteiger partial charge on any atom is -0.497 e. The van der Waals surface area contributed by atoms with E-state index in [2.05, 4.69) is 16.0 Å².